The highest BCUT2D eigenvalue weighted by Gasteiger charge is 2.28. The number of allylic oxidation sites excluding steroid dienone is 1. The van der Waals surface area contributed by atoms with E-state index in [1.165, 1.54) is 25.7 Å². The van der Waals surface area contributed by atoms with E-state index in [1.807, 2.05) is 6.07 Å². The highest BCUT2D eigenvalue weighted by molar-refractivity contribution is 7.89. The van der Waals surface area contributed by atoms with Gasteiger partial charge in [0, 0.05) is 32.7 Å². The van der Waals surface area contributed by atoms with Crippen LogP contribution in [0.1, 0.15) is 32.1 Å². The fourth-order valence-corrected chi connectivity index (χ4v) is 4.81. The van der Waals surface area contributed by atoms with Crippen molar-refractivity contribution in [3.8, 4) is 0 Å². The number of sulfonamides is 1. The first-order valence-corrected chi connectivity index (χ1v) is 10.1. The molecule has 1 heterocycles. The van der Waals surface area contributed by atoms with Crippen molar-refractivity contribution in [2.45, 2.75) is 37.0 Å². The molecule has 1 aromatic rings. The molecule has 126 valence electrons. The van der Waals surface area contributed by atoms with Gasteiger partial charge in [0.25, 0.3) is 0 Å². The summed E-state index contributed by atoms with van der Waals surface area (Å²) in [6.45, 7) is 3.91. The molecule has 23 heavy (non-hydrogen) atoms. The Kier molecular flexibility index (Phi) is 5.51. The van der Waals surface area contributed by atoms with E-state index in [4.69, 9.17) is 0 Å². The van der Waals surface area contributed by atoms with E-state index < -0.39 is 10.0 Å². The summed E-state index contributed by atoms with van der Waals surface area (Å²) < 4.78 is 26.8. The maximum absolute atomic E-state index is 12.6. The zero-order chi connectivity index (χ0) is 16.1. The Morgan fingerprint density at radius 1 is 0.957 bits per heavy atom. The van der Waals surface area contributed by atoms with Gasteiger partial charge in [-0.05, 0) is 44.2 Å². The van der Waals surface area contributed by atoms with Crippen LogP contribution in [0.3, 0.4) is 0 Å². The third-order valence-electron chi connectivity index (χ3n) is 4.85. The van der Waals surface area contributed by atoms with E-state index in [-0.39, 0.29) is 0 Å². The lowest BCUT2D eigenvalue weighted by molar-refractivity contribution is 0.189. The van der Waals surface area contributed by atoms with Crippen LogP contribution in [0, 0.1) is 0 Å². The molecule has 2 aliphatic rings. The Balaban J connectivity index is 1.51. The van der Waals surface area contributed by atoms with Crippen LogP contribution in [0.5, 0.6) is 0 Å². The molecular weight excluding hydrogens is 308 g/mol. The van der Waals surface area contributed by atoms with Crippen molar-refractivity contribution in [1.29, 1.82) is 0 Å². The summed E-state index contributed by atoms with van der Waals surface area (Å²) in [7, 11) is -3.33. The average molecular weight is 334 g/mol. The van der Waals surface area contributed by atoms with E-state index in [0.717, 1.165) is 26.1 Å². The standard InChI is InChI=1S/C18H26N2O2S/c21-23(22,18-9-5-2-6-10-18)20-15-13-19(14-16-20)12-11-17-7-3-1-4-8-17/h2,5-7,9-10H,1,3-4,8,11-16H2. The first kappa shape index (κ1) is 16.7. The number of rotatable bonds is 5. The van der Waals surface area contributed by atoms with Gasteiger partial charge in [-0.25, -0.2) is 8.42 Å². The molecule has 1 aliphatic carbocycles. The molecule has 0 spiro atoms. The third-order valence-corrected chi connectivity index (χ3v) is 6.76. The second-order valence-electron chi connectivity index (χ2n) is 6.42. The molecule has 5 heteroatoms. The summed E-state index contributed by atoms with van der Waals surface area (Å²) in [6.07, 6.45) is 8.69. The fraction of sp³-hybridized carbons (Fsp3) is 0.556. The van der Waals surface area contributed by atoms with Gasteiger partial charge in [-0.3, -0.25) is 0 Å². The smallest absolute Gasteiger partial charge is 0.243 e. The molecule has 0 unspecified atom stereocenters. The maximum atomic E-state index is 12.6. The molecule has 4 nitrogen and oxygen atoms in total. The van der Waals surface area contributed by atoms with Gasteiger partial charge in [0.05, 0.1) is 4.90 Å². The fourth-order valence-electron chi connectivity index (χ4n) is 3.37. The molecule has 0 N–H and O–H groups in total. The quantitative estimate of drug-likeness (QED) is 0.778. The predicted molar refractivity (Wildman–Crippen MR) is 92.8 cm³/mol. The van der Waals surface area contributed by atoms with E-state index in [9.17, 15) is 8.42 Å². The molecule has 1 aliphatic heterocycles. The monoisotopic (exact) mass is 334 g/mol. The van der Waals surface area contributed by atoms with E-state index >= 15 is 0 Å². The lowest BCUT2D eigenvalue weighted by Crippen LogP contribution is -2.48. The van der Waals surface area contributed by atoms with Crippen LogP contribution in [-0.4, -0.2) is 50.3 Å². The maximum Gasteiger partial charge on any atom is 0.243 e. The Labute approximate surface area is 139 Å². The predicted octanol–water partition coefficient (Wildman–Crippen LogP) is 2.88. The first-order valence-electron chi connectivity index (χ1n) is 8.62. The SMILES string of the molecule is O=S(=O)(c1ccccc1)N1CCN(CCC2=CCCCC2)CC1. The van der Waals surface area contributed by atoms with Crippen molar-refractivity contribution in [2.75, 3.05) is 32.7 Å². The third kappa shape index (κ3) is 4.22. The molecule has 0 bridgehead atoms. The van der Waals surface area contributed by atoms with Gasteiger partial charge in [0.2, 0.25) is 10.0 Å². The number of hydrogen-bond donors (Lipinski definition) is 0. The molecule has 3 rings (SSSR count). The van der Waals surface area contributed by atoms with E-state index in [2.05, 4.69) is 11.0 Å². The van der Waals surface area contributed by atoms with Gasteiger partial charge in [-0.15, -0.1) is 0 Å². The molecule has 1 aromatic carbocycles. The zero-order valence-corrected chi connectivity index (χ0v) is 14.5. The second-order valence-corrected chi connectivity index (χ2v) is 8.35. The van der Waals surface area contributed by atoms with Crippen LogP contribution < -0.4 is 0 Å². The molecule has 0 atom stereocenters. The van der Waals surface area contributed by atoms with Gasteiger partial charge >= 0.3 is 0 Å². The summed E-state index contributed by atoms with van der Waals surface area (Å²) >= 11 is 0. The van der Waals surface area contributed by atoms with Crippen LogP contribution in [0.25, 0.3) is 0 Å². The summed E-state index contributed by atoms with van der Waals surface area (Å²) in [5.41, 5.74) is 1.59. The summed E-state index contributed by atoms with van der Waals surface area (Å²) in [4.78, 5) is 2.80. The van der Waals surface area contributed by atoms with Crippen molar-refractivity contribution >= 4 is 10.0 Å². The molecule has 1 fully saturated rings. The number of nitrogens with zero attached hydrogens (tertiary/aromatic N) is 2. The highest BCUT2D eigenvalue weighted by Crippen LogP contribution is 2.21. The molecule has 0 radical (unpaired) electrons. The minimum atomic E-state index is -3.33. The molecule has 1 saturated heterocycles. The van der Waals surface area contributed by atoms with Crippen LogP contribution >= 0.6 is 0 Å². The normalized spacial score (nSPS) is 21.1. The lowest BCUT2D eigenvalue weighted by atomic mass is 9.97. The second kappa shape index (κ2) is 7.60. The summed E-state index contributed by atoms with van der Waals surface area (Å²) in [5, 5.41) is 0. The number of benzene rings is 1. The number of piperazine rings is 1. The van der Waals surface area contributed by atoms with E-state index in [1.54, 1.807) is 34.1 Å². The molecule has 0 aromatic heterocycles. The molecule has 0 amide bonds. The van der Waals surface area contributed by atoms with Crippen molar-refractivity contribution in [3.05, 3.63) is 42.0 Å². The summed E-state index contributed by atoms with van der Waals surface area (Å²) in [5.74, 6) is 0. The Bertz CT molecular complexity index is 632. The minimum absolute atomic E-state index is 0.404. The van der Waals surface area contributed by atoms with E-state index in [0.29, 0.717) is 18.0 Å². The van der Waals surface area contributed by atoms with Crippen molar-refractivity contribution in [2.24, 2.45) is 0 Å². The van der Waals surface area contributed by atoms with Gasteiger partial charge in [0.15, 0.2) is 0 Å². The van der Waals surface area contributed by atoms with Crippen molar-refractivity contribution in [3.63, 3.8) is 0 Å². The van der Waals surface area contributed by atoms with Gasteiger partial charge in [-0.1, -0.05) is 29.8 Å². The highest BCUT2D eigenvalue weighted by atomic mass is 32.2. The van der Waals surface area contributed by atoms with Gasteiger partial charge in [0.1, 0.15) is 0 Å². The Hall–Kier alpha value is -1.17. The topological polar surface area (TPSA) is 40.6 Å². The zero-order valence-electron chi connectivity index (χ0n) is 13.7. The minimum Gasteiger partial charge on any atom is -0.300 e. The van der Waals surface area contributed by atoms with Crippen molar-refractivity contribution in [1.82, 2.24) is 9.21 Å². The van der Waals surface area contributed by atoms with Crippen LogP contribution in [-0.2, 0) is 10.0 Å². The summed E-state index contributed by atoms with van der Waals surface area (Å²) in [6, 6.07) is 8.76. The van der Waals surface area contributed by atoms with Gasteiger partial charge in [-0.2, -0.15) is 4.31 Å². The van der Waals surface area contributed by atoms with Crippen LogP contribution in [0.4, 0.5) is 0 Å². The van der Waals surface area contributed by atoms with Gasteiger partial charge < -0.3 is 4.90 Å². The molecular formula is C18H26N2O2S. The Morgan fingerprint density at radius 3 is 2.35 bits per heavy atom. The average Bonchev–Trinajstić information content (AvgIpc) is 2.62. The van der Waals surface area contributed by atoms with Crippen LogP contribution in [0.2, 0.25) is 0 Å². The molecule has 0 saturated carbocycles. The Morgan fingerprint density at radius 2 is 1.70 bits per heavy atom. The first-order chi connectivity index (χ1) is 11.2. The van der Waals surface area contributed by atoms with Crippen LogP contribution in [0.15, 0.2) is 46.9 Å². The number of hydrogen-bond acceptors (Lipinski definition) is 3. The largest absolute Gasteiger partial charge is 0.300 e. The lowest BCUT2D eigenvalue weighted by Gasteiger charge is -2.34. The van der Waals surface area contributed by atoms with Crippen molar-refractivity contribution < 1.29 is 8.42 Å².